The highest BCUT2D eigenvalue weighted by molar-refractivity contribution is 7.16. The van der Waals surface area contributed by atoms with Gasteiger partial charge in [-0.3, -0.25) is 0 Å². The molecule has 0 fully saturated rings. The number of hydrogen-bond donors (Lipinski definition) is 0. The first-order valence-corrected chi connectivity index (χ1v) is 10.1. The molecule has 0 spiro atoms. The Kier molecular flexibility index (Phi) is 5.48. The van der Waals surface area contributed by atoms with Crippen LogP contribution in [0.2, 0.25) is 0 Å². The SMILES string of the molecule is CCOc1ccccc1C=Nc1sc2c(c1C#N)CC[C@@H](C(C)(C)C)C2. The Morgan fingerprint density at radius 3 is 2.81 bits per heavy atom. The van der Waals surface area contributed by atoms with Crippen LogP contribution in [0.15, 0.2) is 29.3 Å². The molecule has 1 atom stereocenters. The average Bonchev–Trinajstić information content (AvgIpc) is 2.97. The monoisotopic (exact) mass is 366 g/mol. The van der Waals surface area contributed by atoms with E-state index in [1.165, 1.54) is 10.4 Å². The van der Waals surface area contributed by atoms with Crippen LogP contribution >= 0.6 is 11.3 Å². The molecule has 1 aromatic heterocycles. The first-order valence-electron chi connectivity index (χ1n) is 9.24. The van der Waals surface area contributed by atoms with Gasteiger partial charge in [-0.1, -0.05) is 32.9 Å². The van der Waals surface area contributed by atoms with Gasteiger partial charge in [0.15, 0.2) is 0 Å². The molecule has 0 amide bonds. The van der Waals surface area contributed by atoms with Crippen molar-refractivity contribution < 1.29 is 4.74 Å². The van der Waals surface area contributed by atoms with Crippen molar-refractivity contribution >= 4 is 22.6 Å². The quantitative estimate of drug-likeness (QED) is 0.630. The van der Waals surface area contributed by atoms with Gasteiger partial charge in [0.1, 0.15) is 16.8 Å². The molecule has 1 heterocycles. The fourth-order valence-electron chi connectivity index (χ4n) is 3.52. The Labute approximate surface area is 160 Å². The lowest BCUT2D eigenvalue weighted by Crippen LogP contribution is -2.26. The first-order chi connectivity index (χ1) is 12.4. The number of benzene rings is 1. The minimum Gasteiger partial charge on any atom is -0.493 e. The summed E-state index contributed by atoms with van der Waals surface area (Å²) in [5.41, 5.74) is 3.23. The van der Waals surface area contributed by atoms with Crippen LogP contribution in [0.25, 0.3) is 0 Å². The Morgan fingerprint density at radius 2 is 2.12 bits per heavy atom. The second kappa shape index (κ2) is 7.63. The summed E-state index contributed by atoms with van der Waals surface area (Å²) < 4.78 is 5.66. The second-order valence-corrected chi connectivity index (χ2v) is 8.91. The van der Waals surface area contributed by atoms with E-state index in [1.54, 1.807) is 11.3 Å². The standard InChI is InChI=1S/C22H26N2OS/c1-5-25-19-9-7-6-8-15(19)14-24-21-18(13-23)17-11-10-16(22(2,3)4)12-20(17)26-21/h6-9,14,16H,5,10-12H2,1-4H3/t16-/m1/s1. The molecule has 0 N–H and O–H groups in total. The van der Waals surface area contributed by atoms with Gasteiger partial charge in [0.05, 0.1) is 12.2 Å². The molecule has 4 heteroatoms. The number of nitrogens with zero attached hydrogens (tertiary/aromatic N) is 2. The predicted molar refractivity (Wildman–Crippen MR) is 109 cm³/mol. The van der Waals surface area contributed by atoms with Crippen LogP contribution < -0.4 is 4.74 Å². The van der Waals surface area contributed by atoms with Crippen molar-refractivity contribution in [3.05, 3.63) is 45.8 Å². The van der Waals surface area contributed by atoms with Gasteiger partial charge >= 0.3 is 0 Å². The van der Waals surface area contributed by atoms with Crippen LogP contribution in [0, 0.1) is 22.7 Å². The smallest absolute Gasteiger partial charge is 0.134 e. The van der Waals surface area contributed by atoms with E-state index in [-0.39, 0.29) is 0 Å². The molecule has 0 unspecified atom stereocenters. The van der Waals surface area contributed by atoms with Crippen LogP contribution in [0.1, 0.15) is 55.7 Å². The molecule has 0 aliphatic heterocycles. The Balaban J connectivity index is 1.91. The summed E-state index contributed by atoms with van der Waals surface area (Å²) in [5, 5.41) is 10.5. The van der Waals surface area contributed by atoms with E-state index < -0.39 is 0 Å². The lowest BCUT2D eigenvalue weighted by atomic mass is 9.72. The largest absolute Gasteiger partial charge is 0.493 e. The average molecular weight is 367 g/mol. The third-order valence-electron chi connectivity index (χ3n) is 5.12. The van der Waals surface area contributed by atoms with E-state index in [0.29, 0.717) is 17.9 Å². The molecule has 1 aliphatic rings. The molecule has 0 radical (unpaired) electrons. The fourth-order valence-corrected chi connectivity index (χ4v) is 4.74. The van der Waals surface area contributed by atoms with Crippen LogP contribution in [0.4, 0.5) is 5.00 Å². The molecular weight excluding hydrogens is 340 g/mol. The zero-order chi connectivity index (χ0) is 18.7. The molecule has 0 saturated heterocycles. The maximum Gasteiger partial charge on any atom is 0.134 e. The zero-order valence-electron chi connectivity index (χ0n) is 16.0. The van der Waals surface area contributed by atoms with Gasteiger partial charge in [-0.2, -0.15) is 5.26 Å². The second-order valence-electron chi connectivity index (χ2n) is 7.83. The van der Waals surface area contributed by atoms with Gasteiger partial charge in [0.25, 0.3) is 0 Å². The van der Waals surface area contributed by atoms with E-state index >= 15 is 0 Å². The molecule has 0 saturated carbocycles. The molecule has 0 bridgehead atoms. The topological polar surface area (TPSA) is 45.4 Å². The van der Waals surface area contributed by atoms with Crippen molar-refractivity contribution in [3.63, 3.8) is 0 Å². The van der Waals surface area contributed by atoms with Gasteiger partial charge < -0.3 is 4.74 Å². The number of hydrogen-bond acceptors (Lipinski definition) is 4. The lowest BCUT2D eigenvalue weighted by Gasteiger charge is -2.33. The van der Waals surface area contributed by atoms with Crippen LogP contribution in [-0.2, 0) is 12.8 Å². The van der Waals surface area contributed by atoms with Crippen LogP contribution in [0.3, 0.4) is 0 Å². The van der Waals surface area contributed by atoms with Gasteiger partial charge in [-0.15, -0.1) is 11.3 Å². The van der Waals surface area contributed by atoms with Crippen molar-refractivity contribution in [1.82, 2.24) is 0 Å². The number of nitriles is 1. The summed E-state index contributed by atoms with van der Waals surface area (Å²) in [6, 6.07) is 10.3. The number of thiophene rings is 1. The van der Waals surface area contributed by atoms with E-state index in [9.17, 15) is 5.26 Å². The minimum atomic E-state index is 0.300. The van der Waals surface area contributed by atoms with Crippen LogP contribution in [0.5, 0.6) is 5.75 Å². The summed E-state index contributed by atoms with van der Waals surface area (Å²) in [4.78, 5) is 6.02. The molecule has 3 nitrogen and oxygen atoms in total. The normalized spacial score (nSPS) is 17.1. The zero-order valence-corrected chi connectivity index (χ0v) is 16.8. The summed E-state index contributed by atoms with van der Waals surface area (Å²) >= 11 is 1.68. The van der Waals surface area contributed by atoms with E-state index in [1.807, 2.05) is 37.4 Å². The Hall–Kier alpha value is -2.12. The third-order valence-corrected chi connectivity index (χ3v) is 6.29. The Bertz CT molecular complexity index is 852. The van der Waals surface area contributed by atoms with Gasteiger partial charge in [0, 0.05) is 16.7 Å². The summed E-state index contributed by atoms with van der Waals surface area (Å²) in [6.45, 7) is 9.53. The Morgan fingerprint density at radius 1 is 1.35 bits per heavy atom. The third kappa shape index (κ3) is 3.83. The molecule has 3 rings (SSSR count). The van der Waals surface area contributed by atoms with Gasteiger partial charge in [-0.25, -0.2) is 4.99 Å². The van der Waals surface area contributed by atoms with Crippen molar-refractivity contribution in [2.75, 3.05) is 6.61 Å². The molecule has 136 valence electrons. The summed E-state index contributed by atoms with van der Waals surface area (Å²) in [5.74, 6) is 1.49. The number of para-hydroxylation sites is 1. The number of fused-ring (bicyclic) bond motifs is 1. The summed E-state index contributed by atoms with van der Waals surface area (Å²) in [6.07, 6.45) is 5.02. The highest BCUT2D eigenvalue weighted by Crippen LogP contribution is 2.44. The predicted octanol–water partition coefficient (Wildman–Crippen LogP) is 5.92. The lowest BCUT2D eigenvalue weighted by molar-refractivity contribution is 0.218. The molecule has 26 heavy (non-hydrogen) atoms. The van der Waals surface area contributed by atoms with Gasteiger partial charge in [0.2, 0.25) is 0 Å². The van der Waals surface area contributed by atoms with Crippen molar-refractivity contribution in [2.24, 2.45) is 16.3 Å². The summed E-state index contributed by atoms with van der Waals surface area (Å²) in [7, 11) is 0. The maximum absolute atomic E-state index is 9.68. The first kappa shape index (κ1) is 18.7. The van der Waals surface area contributed by atoms with Gasteiger partial charge in [-0.05, 0) is 55.2 Å². The maximum atomic E-state index is 9.68. The number of aliphatic imine (C=N–C) groups is 1. The molecule has 1 aromatic carbocycles. The van der Waals surface area contributed by atoms with Crippen molar-refractivity contribution in [2.45, 2.75) is 47.0 Å². The molecule has 2 aromatic rings. The van der Waals surface area contributed by atoms with Crippen molar-refractivity contribution in [3.8, 4) is 11.8 Å². The van der Waals surface area contributed by atoms with E-state index in [2.05, 4.69) is 31.8 Å². The minimum absolute atomic E-state index is 0.300. The number of ether oxygens (including phenoxy) is 1. The highest BCUT2D eigenvalue weighted by atomic mass is 32.1. The van der Waals surface area contributed by atoms with E-state index in [4.69, 9.17) is 4.74 Å². The van der Waals surface area contributed by atoms with Crippen molar-refractivity contribution in [1.29, 1.82) is 5.26 Å². The highest BCUT2D eigenvalue weighted by Gasteiger charge is 2.32. The van der Waals surface area contributed by atoms with Crippen LogP contribution in [-0.4, -0.2) is 12.8 Å². The molecule has 1 aliphatic carbocycles. The fraction of sp³-hybridized carbons (Fsp3) is 0.455. The van der Waals surface area contributed by atoms with E-state index in [0.717, 1.165) is 41.1 Å². The number of rotatable bonds is 4. The molecular formula is C22H26N2OS.